The van der Waals surface area contributed by atoms with Crippen molar-refractivity contribution in [1.29, 1.82) is 0 Å². The maximum atomic E-state index is 12.7. The molecule has 2 unspecified atom stereocenters. The van der Waals surface area contributed by atoms with Crippen LogP contribution < -0.4 is 10.1 Å². The Balaban J connectivity index is 1.34. The first kappa shape index (κ1) is 17.3. The predicted octanol–water partition coefficient (Wildman–Crippen LogP) is 2.51. The van der Waals surface area contributed by atoms with Crippen molar-refractivity contribution in [1.82, 2.24) is 0 Å². The van der Waals surface area contributed by atoms with Gasteiger partial charge in [0.1, 0.15) is 5.75 Å². The van der Waals surface area contributed by atoms with Gasteiger partial charge in [-0.15, -0.1) is 0 Å². The second-order valence-electron chi connectivity index (χ2n) is 8.32. The number of methoxy groups -OCH3 is 1. The van der Waals surface area contributed by atoms with Crippen molar-refractivity contribution in [3.63, 3.8) is 0 Å². The van der Waals surface area contributed by atoms with Crippen LogP contribution in [0.4, 0.5) is 5.69 Å². The van der Waals surface area contributed by atoms with E-state index in [1.54, 1.807) is 31.4 Å². The Morgan fingerprint density at radius 3 is 2.38 bits per heavy atom. The van der Waals surface area contributed by atoms with Gasteiger partial charge in [-0.3, -0.25) is 9.59 Å². The van der Waals surface area contributed by atoms with Crippen LogP contribution >= 0.6 is 0 Å². The molecule has 1 aromatic rings. The van der Waals surface area contributed by atoms with Gasteiger partial charge >= 0.3 is 5.97 Å². The van der Waals surface area contributed by atoms with Crippen molar-refractivity contribution in [2.24, 2.45) is 17.3 Å². The smallest absolute Gasteiger partial charge is 0.312 e. The third-order valence-electron chi connectivity index (χ3n) is 6.17. The highest BCUT2D eigenvalue weighted by Gasteiger charge is 2.60. The summed E-state index contributed by atoms with van der Waals surface area (Å²) in [6.45, 7) is -0.305. The van der Waals surface area contributed by atoms with Gasteiger partial charge in [-0.05, 0) is 74.6 Å². The van der Waals surface area contributed by atoms with Gasteiger partial charge in [0.25, 0.3) is 5.91 Å². The van der Waals surface area contributed by atoms with E-state index in [4.69, 9.17) is 9.47 Å². The van der Waals surface area contributed by atoms with Crippen molar-refractivity contribution in [3.05, 3.63) is 24.3 Å². The van der Waals surface area contributed by atoms with Gasteiger partial charge in [0.05, 0.1) is 18.1 Å². The number of hydrogen-bond acceptors (Lipinski definition) is 5. The lowest BCUT2D eigenvalue weighted by Gasteiger charge is -2.58. The number of hydrogen-bond donors (Lipinski definition) is 2. The van der Waals surface area contributed by atoms with E-state index in [-0.39, 0.29) is 18.5 Å². The molecule has 1 aromatic carbocycles. The number of rotatable bonds is 5. The number of nitrogens with one attached hydrogen (secondary N) is 1. The molecular weight excluding hydrogens is 334 g/mol. The molecule has 5 rings (SSSR count). The first-order valence-corrected chi connectivity index (χ1v) is 9.23. The molecule has 4 aliphatic rings. The van der Waals surface area contributed by atoms with E-state index in [1.807, 2.05) is 0 Å². The largest absolute Gasteiger partial charge is 0.497 e. The molecule has 4 bridgehead atoms. The van der Waals surface area contributed by atoms with E-state index in [1.165, 1.54) is 0 Å². The highest BCUT2D eigenvalue weighted by Crippen LogP contribution is 2.61. The van der Waals surface area contributed by atoms with Gasteiger partial charge in [0.15, 0.2) is 6.61 Å². The minimum atomic E-state index is -0.714. The minimum Gasteiger partial charge on any atom is -0.497 e. The number of ether oxygens (including phenoxy) is 2. The summed E-state index contributed by atoms with van der Waals surface area (Å²) in [5.74, 6) is 0.819. The molecule has 0 saturated heterocycles. The fourth-order valence-electron chi connectivity index (χ4n) is 5.61. The lowest BCUT2D eigenvalue weighted by Crippen LogP contribution is -2.58. The highest BCUT2D eigenvalue weighted by atomic mass is 16.5. The van der Waals surface area contributed by atoms with Crippen molar-refractivity contribution < 1.29 is 24.2 Å². The molecular formula is C20H25NO5. The molecule has 6 heteroatoms. The van der Waals surface area contributed by atoms with Crippen molar-refractivity contribution >= 4 is 17.6 Å². The average molecular weight is 359 g/mol. The Labute approximate surface area is 152 Å². The Hall–Kier alpha value is -2.08. The molecule has 0 radical (unpaired) electrons. The molecule has 4 saturated carbocycles. The SMILES string of the molecule is COc1ccc(NC(=O)COC(=O)C23C[C@@H]4C[C@@H](CC(O)(C4)C2)C3)cc1. The van der Waals surface area contributed by atoms with Crippen LogP contribution in [0.1, 0.15) is 38.5 Å². The molecule has 4 atom stereocenters. The van der Waals surface area contributed by atoms with Crippen molar-refractivity contribution in [3.8, 4) is 5.75 Å². The molecule has 140 valence electrons. The minimum absolute atomic E-state index is 0.305. The molecule has 0 aromatic heterocycles. The monoisotopic (exact) mass is 359 g/mol. The third-order valence-corrected chi connectivity index (χ3v) is 6.17. The zero-order valence-electron chi connectivity index (χ0n) is 15.0. The normalized spacial score (nSPS) is 34.4. The van der Waals surface area contributed by atoms with E-state index < -0.39 is 11.0 Å². The van der Waals surface area contributed by atoms with Crippen LogP contribution in [-0.2, 0) is 14.3 Å². The number of anilines is 1. The molecule has 6 nitrogen and oxygen atoms in total. The molecule has 0 heterocycles. The first-order chi connectivity index (χ1) is 12.4. The van der Waals surface area contributed by atoms with Crippen LogP contribution in [0.25, 0.3) is 0 Å². The van der Waals surface area contributed by atoms with Gasteiger partial charge in [-0.2, -0.15) is 0 Å². The molecule has 2 N–H and O–H groups in total. The molecule has 26 heavy (non-hydrogen) atoms. The van der Waals surface area contributed by atoms with Crippen LogP contribution in [0, 0.1) is 17.3 Å². The second kappa shape index (κ2) is 6.27. The quantitative estimate of drug-likeness (QED) is 0.789. The summed E-state index contributed by atoms with van der Waals surface area (Å²) in [6.07, 6.45) is 4.75. The average Bonchev–Trinajstić information content (AvgIpc) is 2.58. The number of carbonyl (C=O) groups excluding carboxylic acids is 2. The third kappa shape index (κ3) is 3.18. The molecule has 0 aliphatic heterocycles. The standard InChI is InChI=1S/C20H25NO5/c1-25-16-4-2-15(3-5-16)21-17(22)11-26-18(23)19-7-13-6-14(8-19)10-20(24,9-13)12-19/h2-5,13-14,24H,6-12H2,1H3,(H,21,22)/t13-,14+,19?,20?. The summed E-state index contributed by atoms with van der Waals surface area (Å²) < 4.78 is 10.4. The van der Waals surface area contributed by atoms with Crippen molar-refractivity contribution in [2.45, 2.75) is 44.1 Å². The van der Waals surface area contributed by atoms with Crippen LogP contribution in [0.3, 0.4) is 0 Å². The van der Waals surface area contributed by atoms with Crippen molar-refractivity contribution in [2.75, 3.05) is 19.0 Å². The number of benzene rings is 1. The first-order valence-electron chi connectivity index (χ1n) is 9.23. The van der Waals surface area contributed by atoms with Crippen LogP contribution in [0.2, 0.25) is 0 Å². The number of amides is 1. The van der Waals surface area contributed by atoms with E-state index >= 15 is 0 Å². The van der Waals surface area contributed by atoms with Gasteiger partial charge in [0.2, 0.25) is 0 Å². The molecule has 0 spiro atoms. The van der Waals surface area contributed by atoms with Crippen LogP contribution in [0.15, 0.2) is 24.3 Å². The molecule has 4 fully saturated rings. The topological polar surface area (TPSA) is 84.9 Å². The van der Waals surface area contributed by atoms with Gasteiger partial charge in [0, 0.05) is 5.69 Å². The van der Waals surface area contributed by atoms with Crippen LogP contribution in [0.5, 0.6) is 5.75 Å². The molecule has 1 amide bonds. The highest BCUT2D eigenvalue weighted by molar-refractivity contribution is 5.93. The number of aliphatic hydroxyl groups is 1. The fraction of sp³-hybridized carbons (Fsp3) is 0.600. The van der Waals surface area contributed by atoms with Gasteiger partial charge in [-0.25, -0.2) is 0 Å². The van der Waals surface area contributed by atoms with Crippen LogP contribution in [-0.4, -0.2) is 36.3 Å². The zero-order chi connectivity index (χ0) is 18.4. The fourth-order valence-corrected chi connectivity index (χ4v) is 5.61. The number of esters is 1. The van der Waals surface area contributed by atoms with E-state index in [9.17, 15) is 14.7 Å². The summed E-state index contributed by atoms with van der Waals surface area (Å²) >= 11 is 0. The summed E-state index contributed by atoms with van der Waals surface area (Å²) in [5.41, 5.74) is -0.691. The number of carbonyl (C=O) groups is 2. The lowest BCUT2D eigenvalue weighted by molar-refractivity contribution is -0.196. The van der Waals surface area contributed by atoms with E-state index in [0.717, 1.165) is 32.1 Å². The predicted molar refractivity (Wildman–Crippen MR) is 94.6 cm³/mol. The van der Waals surface area contributed by atoms with E-state index in [2.05, 4.69) is 5.32 Å². The lowest BCUT2D eigenvalue weighted by atomic mass is 9.48. The van der Waals surface area contributed by atoms with Gasteiger partial charge in [-0.1, -0.05) is 0 Å². The van der Waals surface area contributed by atoms with Gasteiger partial charge < -0.3 is 19.9 Å². The second-order valence-corrected chi connectivity index (χ2v) is 8.32. The zero-order valence-corrected chi connectivity index (χ0v) is 15.0. The summed E-state index contributed by atoms with van der Waals surface area (Å²) in [5, 5.41) is 13.4. The maximum absolute atomic E-state index is 12.7. The summed E-state index contributed by atoms with van der Waals surface area (Å²) in [4.78, 5) is 24.8. The Kier molecular flexibility index (Phi) is 4.18. The Morgan fingerprint density at radius 1 is 1.15 bits per heavy atom. The summed E-state index contributed by atoms with van der Waals surface area (Å²) in [7, 11) is 1.58. The Bertz CT molecular complexity index is 699. The molecule has 4 aliphatic carbocycles. The Morgan fingerprint density at radius 2 is 1.81 bits per heavy atom. The van der Waals surface area contributed by atoms with E-state index in [0.29, 0.717) is 29.7 Å². The maximum Gasteiger partial charge on any atom is 0.312 e. The summed E-state index contributed by atoms with van der Waals surface area (Å²) in [6, 6.07) is 6.95.